The van der Waals surface area contributed by atoms with Crippen molar-refractivity contribution >= 4 is 22.5 Å². The lowest BCUT2D eigenvalue weighted by atomic mass is 9.80. The lowest BCUT2D eigenvalue weighted by Gasteiger charge is -2.30. The van der Waals surface area contributed by atoms with Crippen LogP contribution >= 0.6 is 11.6 Å². The molecule has 2 aromatic heterocycles. The number of hydrogen-bond acceptors (Lipinski definition) is 3. The summed E-state index contributed by atoms with van der Waals surface area (Å²) < 4.78 is 1.60. The van der Waals surface area contributed by atoms with Gasteiger partial charge in [-0.05, 0) is 64.7 Å². The Hall–Kier alpha value is -4.17. The van der Waals surface area contributed by atoms with Crippen LogP contribution in [-0.4, -0.2) is 14.7 Å². The molecule has 5 rings (SSSR count). The zero-order valence-corrected chi connectivity index (χ0v) is 19.7. The van der Waals surface area contributed by atoms with E-state index in [9.17, 15) is 9.90 Å². The first-order valence-corrected chi connectivity index (χ1v) is 11.4. The maximum Gasteiger partial charge on any atom is 0.251 e. The molecule has 0 aliphatic rings. The van der Waals surface area contributed by atoms with Crippen molar-refractivity contribution in [1.29, 1.82) is 0 Å². The minimum absolute atomic E-state index is 0.133. The molecule has 0 fully saturated rings. The maximum atomic E-state index is 12.8. The number of nitrogens with zero attached hydrogens (tertiary/aromatic N) is 2. The smallest absolute Gasteiger partial charge is 0.251 e. The predicted molar refractivity (Wildman–Crippen MR) is 140 cm³/mol. The lowest BCUT2D eigenvalue weighted by molar-refractivity contribution is 0.125. The fourth-order valence-corrected chi connectivity index (χ4v) is 4.60. The second-order valence-electron chi connectivity index (χ2n) is 8.37. The summed E-state index contributed by atoms with van der Waals surface area (Å²) in [5, 5.41) is 13.7. The Morgan fingerprint density at radius 3 is 2.43 bits per heavy atom. The van der Waals surface area contributed by atoms with E-state index in [0.717, 1.165) is 27.6 Å². The van der Waals surface area contributed by atoms with Gasteiger partial charge in [0.25, 0.3) is 5.56 Å². The van der Waals surface area contributed by atoms with Gasteiger partial charge in [0.15, 0.2) is 0 Å². The SMILES string of the molecule is C#Cc1cccc(-c2cc(=O)n(C)c3ccc(C(O)(c4ccc(Cl)cc4)c4cccnc4)cc23)c1. The van der Waals surface area contributed by atoms with E-state index in [1.807, 2.05) is 48.5 Å². The van der Waals surface area contributed by atoms with Crippen molar-refractivity contribution < 1.29 is 5.11 Å². The lowest BCUT2D eigenvalue weighted by Crippen LogP contribution is -2.29. The van der Waals surface area contributed by atoms with Crippen molar-refractivity contribution in [3.63, 3.8) is 0 Å². The molecule has 0 spiro atoms. The van der Waals surface area contributed by atoms with Crippen LogP contribution in [0.3, 0.4) is 0 Å². The second-order valence-corrected chi connectivity index (χ2v) is 8.81. The first-order valence-electron chi connectivity index (χ1n) is 11.0. The zero-order chi connectivity index (χ0) is 24.6. The summed E-state index contributed by atoms with van der Waals surface area (Å²) in [4.78, 5) is 17.0. The third-order valence-electron chi connectivity index (χ3n) is 6.35. The van der Waals surface area contributed by atoms with Crippen LogP contribution in [0, 0.1) is 12.3 Å². The van der Waals surface area contributed by atoms with Crippen molar-refractivity contribution in [1.82, 2.24) is 9.55 Å². The Kier molecular flexibility index (Phi) is 5.74. The summed E-state index contributed by atoms with van der Waals surface area (Å²) in [5.41, 5.74) is 3.30. The Morgan fingerprint density at radius 1 is 0.943 bits per heavy atom. The number of fused-ring (bicyclic) bond motifs is 1. The number of terminal acetylenes is 1. The number of halogens is 1. The Labute approximate surface area is 208 Å². The minimum Gasteiger partial charge on any atom is -0.376 e. The molecule has 35 heavy (non-hydrogen) atoms. The van der Waals surface area contributed by atoms with Gasteiger partial charge < -0.3 is 9.67 Å². The fourth-order valence-electron chi connectivity index (χ4n) is 4.47. The topological polar surface area (TPSA) is 55.1 Å². The summed E-state index contributed by atoms with van der Waals surface area (Å²) in [6.45, 7) is 0. The van der Waals surface area contributed by atoms with Crippen LogP contribution in [0.4, 0.5) is 0 Å². The normalized spacial score (nSPS) is 12.7. The van der Waals surface area contributed by atoms with Gasteiger partial charge in [-0.25, -0.2) is 0 Å². The van der Waals surface area contributed by atoms with Crippen molar-refractivity contribution in [3.8, 4) is 23.5 Å². The van der Waals surface area contributed by atoms with Gasteiger partial charge >= 0.3 is 0 Å². The van der Waals surface area contributed by atoms with Crippen LogP contribution in [0.2, 0.25) is 5.02 Å². The highest BCUT2D eigenvalue weighted by molar-refractivity contribution is 6.30. The predicted octanol–water partition coefficient (Wildman–Crippen LogP) is 5.52. The Bertz CT molecular complexity index is 1650. The van der Waals surface area contributed by atoms with Crippen molar-refractivity contribution in [2.24, 2.45) is 7.05 Å². The number of pyridine rings is 2. The molecule has 0 radical (unpaired) electrons. The van der Waals surface area contributed by atoms with Gasteiger partial charge in [-0.2, -0.15) is 0 Å². The maximum absolute atomic E-state index is 12.8. The molecule has 1 atom stereocenters. The molecule has 0 amide bonds. The summed E-state index contributed by atoms with van der Waals surface area (Å²) in [7, 11) is 1.73. The molecule has 3 aromatic carbocycles. The van der Waals surface area contributed by atoms with Gasteiger partial charge in [0, 0.05) is 47.0 Å². The molecule has 2 heterocycles. The highest BCUT2D eigenvalue weighted by Gasteiger charge is 2.34. The molecule has 170 valence electrons. The molecule has 5 heteroatoms. The molecular formula is C30H21ClN2O2. The van der Waals surface area contributed by atoms with E-state index in [-0.39, 0.29) is 5.56 Å². The molecule has 1 unspecified atom stereocenters. The third-order valence-corrected chi connectivity index (χ3v) is 6.60. The van der Waals surface area contributed by atoms with E-state index in [1.54, 1.807) is 60.4 Å². The first-order chi connectivity index (χ1) is 16.9. The monoisotopic (exact) mass is 476 g/mol. The van der Waals surface area contributed by atoms with E-state index < -0.39 is 5.60 Å². The zero-order valence-electron chi connectivity index (χ0n) is 18.9. The van der Waals surface area contributed by atoms with Crippen molar-refractivity contribution in [2.75, 3.05) is 0 Å². The minimum atomic E-state index is -1.50. The molecular weight excluding hydrogens is 456 g/mol. The van der Waals surface area contributed by atoms with Crippen LogP contribution < -0.4 is 5.56 Å². The summed E-state index contributed by atoms with van der Waals surface area (Å²) in [5.74, 6) is 2.65. The summed E-state index contributed by atoms with van der Waals surface area (Å²) in [6.07, 6.45) is 8.93. The van der Waals surface area contributed by atoms with Crippen LogP contribution in [-0.2, 0) is 12.6 Å². The van der Waals surface area contributed by atoms with Crippen LogP contribution in [0.1, 0.15) is 22.3 Å². The number of benzene rings is 3. The quantitative estimate of drug-likeness (QED) is 0.347. The van der Waals surface area contributed by atoms with Gasteiger partial charge in [0.1, 0.15) is 5.60 Å². The molecule has 1 N–H and O–H groups in total. The number of aryl methyl sites for hydroxylation is 1. The number of rotatable bonds is 4. The average Bonchev–Trinajstić information content (AvgIpc) is 2.91. The third kappa shape index (κ3) is 3.91. The standard InChI is InChI=1S/C30H21ClN2O2/c1-3-20-6-4-7-21(16-20)26-18-29(34)33(2)28-14-11-23(17-27(26)28)30(35,24-8-5-15-32-19-24)22-9-12-25(31)13-10-22/h1,4-19,35H,2H3. The van der Waals surface area contributed by atoms with Gasteiger partial charge in [-0.1, -0.05) is 53.9 Å². The van der Waals surface area contributed by atoms with E-state index in [2.05, 4.69) is 10.9 Å². The van der Waals surface area contributed by atoms with E-state index in [1.165, 1.54) is 0 Å². The molecule has 0 saturated carbocycles. The van der Waals surface area contributed by atoms with Crippen LogP contribution in [0.5, 0.6) is 0 Å². The van der Waals surface area contributed by atoms with Gasteiger partial charge in [-0.3, -0.25) is 9.78 Å². The number of aromatic nitrogens is 2. The van der Waals surface area contributed by atoms with Crippen molar-refractivity contribution in [3.05, 3.63) is 135 Å². The van der Waals surface area contributed by atoms with Gasteiger partial charge in [0.05, 0.1) is 5.52 Å². The molecule has 0 aliphatic heterocycles. The summed E-state index contributed by atoms with van der Waals surface area (Å²) in [6, 6.07) is 25.5. The molecule has 0 bridgehead atoms. The highest BCUT2D eigenvalue weighted by Crippen LogP contribution is 2.39. The molecule has 4 nitrogen and oxygen atoms in total. The highest BCUT2D eigenvalue weighted by atomic mass is 35.5. The van der Waals surface area contributed by atoms with E-state index >= 15 is 0 Å². The van der Waals surface area contributed by atoms with Crippen LogP contribution in [0.15, 0.2) is 102 Å². The largest absolute Gasteiger partial charge is 0.376 e. The molecule has 0 saturated heterocycles. The Morgan fingerprint density at radius 2 is 1.71 bits per heavy atom. The van der Waals surface area contributed by atoms with E-state index in [0.29, 0.717) is 21.7 Å². The Balaban J connectivity index is 1.83. The van der Waals surface area contributed by atoms with Gasteiger partial charge in [0.2, 0.25) is 0 Å². The van der Waals surface area contributed by atoms with Crippen LogP contribution in [0.25, 0.3) is 22.0 Å². The second kappa shape index (κ2) is 8.88. The number of aliphatic hydroxyl groups is 1. The fraction of sp³-hybridized carbons (Fsp3) is 0.0667. The van der Waals surface area contributed by atoms with Gasteiger partial charge in [-0.15, -0.1) is 6.42 Å². The first kappa shape index (κ1) is 22.6. The van der Waals surface area contributed by atoms with Crippen molar-refractivity contribution in [2.45, 2.75) is 5.60 Å². The van der Waals surface area contributed by atoms with E-state index in [4.69, 9.17) is 18.0 Å². The number of hydrogen-bond donors (Lipinski definition) is 1. The average molecular weight is 477 g/mol. The molecule has 5 aromatic rings. The molecule has 0 aliphatic carbocycles. The summed E-state index contributed by atoms with van der Waals surface area (Å²) >= 11 is 6.14.